The first kappa shape index (κ1) is 17.8. The molecule has 0 heterocycles. The van der Waals surface area contributed by atoms with Crippen LogP contribution in [-0.4, -0.2) is 26.4 Å². The van der Waals surface area contributed by atoms with Gasteiger partial charge in [-0.15, -0.1) is 0 Å². The number of nitrogens with one attached hydrogen (secondary N) is 2. The predicted octanol–water partition coefficient (Wildman–Crippen LogP) is 3.97. The maximum absolute atomic E-state index is 13.2. The molecule has 0 amide bonds. The van der Waals surface area contributed by atoms with E-state index < -0.39 is 0 Å². The molecule has 0 aliphatic heterocycles. The number of halogens is 1. The van der Waals surface area contributed by atoms with Crippen molar-refractivity contribution in [3.63, 3.8) is 0 Å². The van der Waals surface area contributed by atoms with Gasteiger partial charge in [0, 0.05) is 23.5 Å². The number of ether oxygens (including phenoxy) is 3. The van der Waals surface area contributed by atoms with E-state index in [0.29, 0.717) is 28.0 Å². The van der Waals surface area contributed by atoms with Crippen LogP contribution >= 0.6 is 12.2 Å². The molecule has 0 saturated carbocycles. The van der Waals surface area contributed by atoms with Gasteiger partial charge < -0.3 is 24.8 Å². The van der Waals surface area contributed by atoms with Crippen LogP contribution in [0.5, 0.6) is 17.2 Å². The first-order chi connectivity index (χ1) is 11.5. The van der Waals surface area contributed by atoms with E-state index in [9.17, 15) is 4.39 Å². The van der Waals surface area contributed by atoms with Gasteiger partial charge in [-0.25, -0.2) is 4.39 Å². The van der Waals surface area contributed by atoms with Crippen molar-refractivity contribution >= 4 is 28.7 Å². The summed E-state index contributed by atoms with van der Waals surface area (Å²) < 4.78 is 29.0. The number of hydrogen-bond donors (Lipinski definition) is 2. The summed E-state index contributed by atoms with van der Waals surface area (Å²) in [5.74, 6) is 1.24. The van der Waals surface area contributed by atoms with Crippen LogP contribution in [0.1, 0.15) is 5.56 Å². The van der Waals surface area contributed by atoms with E-state index in [1.165, 1.54) is 19.2 Å². The molecule has 2 rings (SSSR count). The van der Waals surface area contributed by atoms with Crippen molar-refractivity contribution in [2.45, 2.75) is 6.92 Å². The normalized spacial score (nSPS) is 10.0. The van der Waals surface area contributed by atoms with Gasteiger partial charge in [-0.2, -0.15) is 0 Å². The molecule has 2 N–H and O–H groups in total. The molecular formula is C17H19FN2O3S. The molecule has 0 fully saturated rings. The van der Waals surface area contributed by atoms with Gasteiger partial charge >= 0.3 is 0 Å². The molecule has 128 valence electrons. The number of hydrogen-bond acceptors (Lipinski definition) is 4. The number of aryl methyl sites for hydroxylation is 1. The number of benzene rings is 2. The zero-order valence-electron chi connectivity index (χ0n) is 13.9. The van der Waals surface area contributed by atoms with E-state index in [4.69, 9.17) is 26.4 Å². The van der Waals surface area contributed by atoms with E-state index >= 15 is 0 Å². The molecule has 2 aromatic rings. The summed E-state index contributed by atoms with van der Waals surface area (Å²) in [7, 11) is 4.62. The van der Waals surface area contributed by atoms with Crippen LogP contribution in [0, 0.1) is 12.7 Å². The quantitative estimate of drug-likeness (QED) is 0.796. The Kier molecular flexibility index (Phi) is 5.81. The molecular weight excluding hydrogens is 331 g/mol. The zero-order chi connectivity index (χ0) is 17.7. The van der Waals surface area contributed by atoms with Crippen molar-refractivity contribution in [2.75, 3.05) is 32.0 Å². The molecule has 0 saturated heterocycles. The van der Waals surface area contributed by atoms with Crippen LogP contribution in [0.2, 0.25) is 0 Å². The van der Waals surface area contributed by atoms with E-state index in [1.54, 1.807) is 39.3 Å². The van der Waals surface area contributed by atoms with Gasteiger partial charge in [0.05, 0.1) is 21.3 Å². The summed E-state index contributed by atoms with van der Waals surface area (Å²) >= 11 is 5.30. The van der Waals surface area contributed by atoms with Crippen molar-refractivity contribution in [3.8, 4) is 17.2 Å². The van der Waals surface area contributed by atoms with Crippen molar-refractivity contribution in [2.24, 2.45) is 0 Å². The van der Waals surface area contributed by atoms with Crippen molar-refractivity contribution < 1.29 is 18.6 Å². The third-order valence-corrected chi connectivity index (χ3v) is 3.56. The Morgan fingerprint density at radius 1 is 0.958 bits per heavy atom. The van der Waals surface area contributed by atoms with Crippen molar-refractivity contribution in [3.05, 3.63) is 41.7 Å². The lowest BCUT2D eigenvalue weighted by atomic mass is 10.2. The third-order valence-electron chi connectivity index (χ3n) is 3.36. The highest BCUT2D eigenvalue weighted by Crippen LogP contribution is 2.39. The summed E-state index contributed by atoms with van der Waals surface area (Å²) in [6, 6.07) is 7.93. The molecule has 0 unspecified atom stereocenters. The molecule has 0 radical (unpaired) electrons. The maximum atomic E-state index is 13.2. The maximum Gasteiger partial charge on any atom is 0.203 e. The average molecular weight is 350 g/mol. The fourth-order valence-electron chi connectivity index (χ4n) is 2.21. The van der Waals surface area contributed by atoms with Gasteiger partial charge in [0.1, 0.15) is 5.82 Å². The lowest BCUT2D eigenvalue weighted by molar-refractivity contribution is 0.324. The highest BCUT2D eigenvalue weighted by atomic mass is 32.1. The Hall–Kier alpha value is -2.54. The minimum absolute atomic E-state index is 0.290. The number of methoxy groups -OCH3 is 3. The van der Waals surface area contributed by atoms with Crippen LogP contribution in [0.25, 0.3) is 0 Å². The fraction of sp³-hybridized carbons (Fsp3) is 0.235. The largest absolute Gasteiger partial charge is 0.493 e. The summed E-state index contributed by atoms with van der Waals surface area (Å²) in [6.07, 6.45) is 0. The molecule has 0 aromatic heterocycles. The van der Waals surface area contributed by atoms with Crippen LogP contribution in [0.15, 0.2) is 30.3 Å². The molecule has 0 bridgehead atoms. The summed E-state index contributed by atoms with van der Waals surface area (Å²) in [4.78, 5) is 0. The highest BCUT2D eigenvalue weighted by Gasteiger charge is 2.14. The van der Waals surface area contributed by atoms with Gasteiger partial charge in [0.2, 0.25) is 5.75 Å². The molecule has 24 heavy (non-hydrogen) atoms. The second kappa shape index (κ2) is 7.83. The highest BCUT2D eigenvalue weighted by molar-refractivity contribution is 7.80. The fourth-order valence-corrected chi connectivity index (χ4v) is 2.43. The van der Waals surface area contributed by atoms with Gasteiger partial charge in [0.15, 0.2) is 16.6 Å². The van der Waals surface area contributed by atoms with E-state index in [0.717, 1.165) is 11.3 Å². The average Bonchev–Trinajstić information content (AvgIpc) is 2.56. The topological polar surface area (TPSA) is 51.8 Å². The van der Waals surface area contributed by atoms with Crippen molar-refractivity contribution in [1.29, 1.82) is 0 Å². The molecule has 0 spiro atoms. The Morgan fingerprint density at radius 2 is 1.58 bits per heavy atom. The molecule has 7 heteroatoms. The predicted molar refractivity (Wildman–Crippen MR) is 97.1 cm³/mol. The minimum Gasteiger partial charge on any atom is -0.493 e. The zero-order valence-corrected chi connectivity index (χ0v) is 14.7. The molecule has 5 nitrogen and oxygen atoms in total. The minimum atomic E-state index is -0.290. The first-order valence-electron chi connectivity index (χ1n) is 7.12. The van der Waals surface area contributed by atoms with Crippen LogP contribution in [0.4, 0.5) is 15.8 Å². The number of thiocarbonyl (C=S) groups is 1. The smallest absolute Gasteiger partial charge is 0.203 e. The molecule has 2 aromatic carbocycles. The molecule has 0 aliphatic rings. The first-order valence-corrected chi connectivity index (χ1v) is 7.53. The summed E-state index contributed by atoms with van der Waals surface area (Å²) in [6.45, 7) is 1.80. The van der Waals surface area contributed by atoms with Crippen molar-refractivity contribution in [1.82, 2.24) is 0 Å². The SMILES string of the molecule is COc1cc(NC(=S)Nc2ccc(F)cc2C)cc(OC)c1OC. The van der Waals surface area contributed by atoms with Gasteiger partial charge in [-0.3, -0.25) is 0 Å². The second-order valence-corrected chi connectivity index (χ2v) is 5.36. The summed E-state index contributed by atoms with van der Waals surface area (Å²) in [5.41, 5.74) is 2.15. The standard InChI is InChI=1S/C17H19FN2O3S/c1-10-7-11(18)5-6-13(10)20-17(24)19-12-8-14(21-2)16(23-4)15(9-12)22-3/h5-9H,1-4H3,(H2,19,20,24). The Labute approximate surface area is 145 Å². The molecule has 0 atom stereocenters. The van der Waals surface area contributed by atoms with Crippen LogP contribution in [0.3, 0.4) is 0 Å². The van der Waals surface area contributed by atoms with Crippen LogP contribution < -0.4 is 24.8 Å². The van der Waals surface area contributed by atoms with E-state index in [-0.39, 0.29) is 5.82 Å². The third kappa shape index (κ3) is 4.05. The van der Waals surface area contributed by atoms with Gasteiger partial charge in [-0.05, 0) is 42.9 Å². The number of anilines is 2. The second-order valence-electron chi connectivity index (χ2n) is 4.95. The van der Waals surface area contributed by atoms with Gasteiger partial charge in [-0.1, -0.05) is 0 Å². The monoisotopic (exact) mass is 350 g/mol. The Morgan fingerprint density at radius 3 is 2.08 bits per heavy atom. The lowest BCUT2D eigenvalue weighted by Crippen LogP contribution is -2.19. The van der Waals surface area contributed by atoms with E-state index in [2.05, 4.69) is 10.6 Å². The Bertz CT molecular complexity index is 728. The Balaban J connectivity index is 2.19. The summed E-state index contributed by atoms with van der Waals surface area (Å²) in [5, 5.41) is 6.43. The van der Waals surface area contributed by atoms with Crippen LogP contribution in [-0.2, 0) is 0 Å². The lowest BCUT2D eigenvalue weighted by Gasteiger charge is -2.16. The van der Waals surface area contributed by atoms with Gasteiger partial charge in [0.25, 0.3) is 0 Å². The molecule has 0 aliphatic carbocycles. The van der Waals surface area contributed by atoms with E-state index in [1.807, 2.05) is 0 Å². The number of rotatable bonds is 5.